The molecular formula is C30H52O3. The first-order valence-corrected chi connectivity index (χ1v) is 14.2. The number of aliphatic hydroxyl groups is 3. The lowest BCUT2D eigenvalue weighted by Gasteiger charge is -2.74. The summed E-state index contributed by atoms with van der Waals surface area (Å²) in [6.07, 6.45) is 9.61. The fraction of sp³-hybridized carbons (Fsp3) is 1.00. The van der Waals surface area contributed by atoms with Gasteiger partial charge in [-0.05, 0) is 115 Å². The van der Waals surface area contributed by atoms with Crippen LogP contribution in [-0.4, -0.2) is 34.1 Å². The normalized spacial score (nSPS) is 58.5. The highest BCUT2D eigenvalue weighted by Crippen LogP contribution is 2.77. The summed E-state index contributed by atoms with van der Waals surface area (Å²) in [6.45, 7) is 17.4. The first-order chi connectivity index (χ1) is 15.3. The van der Waals surface area contributed by atoms with Gasteiger partial charge in [-0.1, -0.05) is 48.5 Å². The molecule has 3 heteroatoms. The molecule has 0 unspecified atom stereocenters. The predicted octanol–water partition coefficient (Wildman–Crippen LogP) is 6.05. The van der Waals surface area contributed by atoms with Crippen molar-refractivity contribution < 1.29 is 15.3 Å². The van der Waals surface area contributed by atoms with Crippen LogP contribution < -0.4 is 0 Å². The summed E-state index contributed by atoms with van der Waals surface area (Å²) >= 11 is 0. The Kier molecular flexibility index (Phi) is 5.55. The molecule has 0 heterocycles. The minimum absolute atomic E-state index is 0.0592. The van der Waals surface area contributed by atoms with E-state index in [9.17, 15) is 15.3 Å². The lowest BCUT2D eigenvalue weighted by Crippen LogP contribution is -2.71. The minimum atomic E-state index is -0.325. The van der Waals surface area contributed by atoms with Gasteiger partial charge in [-0.25, -0.2) is 0 Å². The van der Waals surface area contributed by atoms with Gasteiger partial charge in [0.2, 0.25) is 0 Å². The molecule has 5 aliphatic rings. The molecule has 0 aromatic heterocycles. The maximum Gasteiger partial charge on any atom is 0.0600 e. The summed E-state index contributed by atoms with van der Waals surface area (Å²) in [5.41, 5.74) is 0.551. The van der Waals surface area contributed by atoms with Crippen molar-refractivity contribution in [3.63, 3.8) is 0 Å². The summed E-state index contributed by atoms with van der Waals surface area (Å²) < 4.78 is 0. The quantitative estimate of drug-likeness (QED) is 0.470. The van der Waals surface area contributed by atoms with E-state index in [1.54, 1.807) is 0 Å². The first-order valence-electron chi connectivity index (χ1n) is 14.2. The molecule has 0 bridgehead atoms. The third-order valence-electron chi connectivity index (χ3n) is 13.9. The fourth-order valence-corrected chi connectivity index (χ4v) is 12.1. The van der Waals surface area contributed by atoms with Crippen LogP contribution in [0.15, 0.2) is 0 Å². The maximum atomic E-state index is 12.0. The zero-order chi connectivity index (χ0) is 24.2. The van der Waals surface area contributed by atoms with Crippen molar-refractivity contribution in [3.8, 4) is 0 Å². The van der Waals surface area contributed by atoms with Crippen LogP contribution in [0, 0.1) is 62.6 Å². The average Bonchev–Trinajstić information content (AvgIpc) is 3.09. The zero-order valence-electron chi connectivity index (χ0n) is 22.5. The van der Waals surface area contributed by atoms with E-state index >= 15 is 0 Å². The highest BCUT2D eigenvalue weighted by molar-refractivity contribution is 5.22. The van der Waals surface area contributed by atoms with Crippen molar-refractivity contribution >= 4 is 0 Å². The van der Waals surface area contributed by atoms with E-state index in [0.717, 1.165) is 19.3 Å². The highest BCUT2D eigenvalue weighted by atomic mass is 16.3. The average molecular weight is 461 g/mol. The van der Waals surface area contributed by atoms with Gasteiger partial charge >= 0.3 is 0 Å². The second kappa shape index (κ2) is 7.45. The Morgan fingerprint density at radius 2 is 1.45 bits per heavy atom. The van der Waals surface area contributed by atoms with E-state index in [4.69, 9.17) is 0 Å². The molecule has 5 saturated carbocycles. The first kappa shape index (κ1) is 24.6. The van der Waals surface area contributed by atoms with Crippen molar-refractivity contribution in [2.24, 2.45) is 62.6 Å². The molecule has 190 valence electrons. The Balaban J connectivity index is 1.56. The van der Waals surface area contributed by atoms with E-state index in [2.05, 4.69) is 48.5 Å². The molecule has 5 fully saturated rings. The van der Waals surface area contributed by atoms with Gasteiger partial charge in [0.25, 0.3) is 0 Å². The molecule has 12 atom stereocenters. The number of rotatable bonds is 2. The molecule has 3 nitrogen and oxygen atoms in total. The van der Waals surface area contributed by atoms with E-state index in [-0.39, 0.29) is 45.2 Å². The maximum absolute atomic E-state index is 12.0. The summed E-state index contributed by atoms with van der Waals surface area (Å²) in [7, 11) is 0. The van der Waals surface area contributed by atoms with Crippen LogP contribution in [0.3, 0.4) is 0 Å². The van der Waals surface area contributed by atoms with Crippen molar-refractivity contribution in [1.29, 1.82) is 0 Å². The zero-order valence-corrected chi connectivity index (χ0v) is 22.5. The topological polar surface area (TPSA) is 60.7 Å². The summed E-state index contributed by atoms with van der Waals surface area (Å²) in [6, 6.07) is 0. The molecule has 3 N–H and O–H groups in total. The van der Waals surface area contributed by atoms with Gasteiger partial charge in [0.15, 0.2) is 0 Å². The molecule has 0 aromatic rings. The number of hydrogen-bond donors (Lipinski definition) is 3. The molecule has 33 heavy (non-hydrogen) atoms. The summed E-state index contributed by atoms with van der Waals surface area (Å²) in [5.74, 6) is 2.87. The van der Waals surface area contributed by atoms with Crippen molar-refractivity contribution in [1.82, 2.24) is 0 Å². The largest absolute Gasteiger partial charge is 0.396 e. The van der Waals surface area contributed by atoms with Gasteiger partial charge in [-0.15, -0.1) is 0 Å². The Morgan fingerprint density at radius 3 is 2.12 bits per heavy atom. The van der Waals surface area contributed by atoms with Crippen LogP contribution in [0.5, 0.6) is 0 Å². The minimum Gasteiger partial charge on any atom is -0.396 e. The second-order valence-electron chi connectivity index (χ2n) is 15.2. The Morgan fingerprint density at radius 1 is 0.788 bits per heavy atom. The van der Waals surface area contributed by atoms with E-state index < -0.39 is 0 Å². The van der Waals surface area contributed by atoms with Crippen molar-refractivity contribution in [2.75, 3.05) is 6.61 Å². The number of hydrogen-bond acceptors (Lipinski definition) is 3. The standard InChI is InChI=1S/C30H52O3/c1-18(17-31)19-8-13-27(4)20(19)9-14-28(5)23(27)16-21(32)25-29(28,6)15-10-22-26(2,3)12-11-24(33)30(22,25)7/h18-25,31-33H,8-17H2,1-7H3/t18-,19+,20-,21+,22-,23+,24-,25-,27-,28+,29+,30+/m0/s1. The van der Waals surface area contributed by atoms with Gasteiger partial charge in [0, 0.05) is 12.0 Å². The lowest BCUT2D eigenvalue weighted by atomic mass is 9.31. The van der Waals surface area contributed by atoms with Crippen LogP contribution in [0.2, 0.25) is 0 Å². The smallest absolute Gasteiger partial charge is 0.0600 e. The second-order valence-corrected chi connectivity index (χ2v) is 15.2. The van der Waals surface area contributed by atoms with Gasteiger partial charge in [0.05, 0.1) is 12.2 Å². The Bertz CT molecular complexity index is 779. The molecule has 0 radical (unpaired) electrons. The molecule has 0 aromatic carbocycles. The molecule has 0 amide bonds. The molecule has 0 aliphatic heterocycles. The molecule has 0 saturated heterocycles. The molecule has 5 rings (SSSR count). The fourth-order valence-electron chi connectivity index (χ4n) is 12.1. The van der Waals surface area contributed by atoms with Gasteiger partial charge < -0.3 is 15.3 Å². The van der Waals surface area contributed by atoms with Crippen molar-refractivity contribution in [3.05, 3.63) is 0 Å². The van der Waals surface area contributed by atoms with Crippen molar-refractivity contribution in [2.45, 2.75) is 118 Å². The van der Waals surface area contributed by atoms with Crippen LogP contribution >= 0.6 is 0 Å². The third kappa shape index (κ3) is 2.91. The van der Waals surface area contributed by atoms with Crippen LogP contribution in [0.25, 0.3) is 0 Å². The summed E-state index contributed by atoms with van der Waals surface area (Å²) in [4.78, 5) is 0. The van der Waals surface area contributed by atoms with Gasteiger partial charge in [-0.2, -0.15) is 0 Å². The van der Waals surface area contributed by atoms with E-state index in [1.807, 2.05) is 0 Å². The SMILES string of the molecule is C[C@@H](CO)[C@H]1CC[C@]2(C)[C@H]3C[C@@H](O)[C@@H]4[C@@]5(C)[C@@H](O)CCC(C)(C)[C@@H]5CC[C@@]4(C)[C@]3(C)CC[C@@H]12. The van der Waals surface area contributed by atoms with Crippen LogP contribution in [0.1, 0.15) is 106 Å². The molecule has 0 spiro atoms. The van der Waals surface area contributed by atoms with Gasteiger partial charge in [0.1, 0.15) is 0 Å². The Hall–Kier alpha value is -0.120. The summed E-state index contributed by atoms with van der Waals surface area (Å²) in [5, 5.41) is 33.5. The van der Waals surface area contributed by atoms with Crippen LogP contribution in [0.4, 0.5) is 0 Å². The highest BCUT2D eigenvalue weighted by Gasteiger charge is 2.73. The molecule has 5 aliphatic carbocycles. The monoisotopic (exact) mass is 460 g/mol. The predicted molar refractivity (Wildman–Crippen MR) is 133 cm³/mol. The molecular weight excluding hydrogens is 408 g/mol. The van der Waals surface area contributed by atoms with Gasteiger partial charge in [-0.3, -0.25) is 0 Å². The number of aliphatic hydroxyl groups excluding tert-OH is 3. The van der Waals surface area contributed by atoms with Crippen LogP contribution in [-0.2, 0) is 0 Å². The third-order valence-corrected chi connectivity index (χ3v) is 13.9. The Labute approximate surface area is 203 Å². The number of fused-ring (bicyclic) bond motifs is 7. The van der Waals surface area contributed by atoms with E-state index in [0.29, 0.717) is 36.2 Å². The van der Waals surface area contributed by atoms with E-state index in [1.165, 1.54) is 38.5 Å². The lowest BCUT2D eigenvalue weighted by molar-refractivity contribution is -0.291.